The third-order valence-electron chi connectivity index (χ3n) is 2.84. The van der Waals surface area contributed by atoms with Crippen molar-refractivity contribution in [2.75, 3.05) is 11.9 Å². The van der Waals surface area contributed by atoms with Crippen molar-refractivity contribution in [2.24, 2.45) is 0 Å². The molecule has 2 rings (SSSR count). The average Bonchev–Trinajstić information content (AvgIpc) is 2.47. The zero-order valence-corrected chi connectivity index (χ0v) is 11.8. The Labute approximate surface area is 119 Å². The highest BCUT2D eigenvalue weighted by molar-refractivity contribution is 6.17. The van der Waals surface area contributed by atoms with Crippen molar-refractivity contribution in [1.29, 1.82) is 0 Å². The van der Waals surface area contributed by atoms with Crippen LogP contribution in [0.5, 0.6) is 5.75 Å². The third-order valence-corrected chi connectivity index (χ3v) is 3.13. The second-order valence-electron chi connectivity index (χ2n) is 4.23. The lowest BCUT2D eigenvalue weighted by Gasteiger charge is -2.12. The van der Waals surface area contributed by atoms with E-state index in [1.54, 1.807) is 0 Å². The van der Waals surface area contributed by atoms with E-state index in [9.17, 15) is 0 Å². The number of halogens is 1. The molecular formula is C16H18ClNO. The van der Waals surface area contributed by atoms with Crippen molar-refractivity contribution in [1.82, 2.24) is 0 Å². The molecular weight excluding hydrogens is 258 g/mol. The van der Waals surface area contributed by atoms with Gasteiger partial charge >= 0.3 is 0 Å². The summed E-state index contributed by atoms with van der Waals surface area (Å²) < 4.78 is 5.53. The van der Waals surface area contributed by atoms with Gasteiger partial charge in [-0.3, -0.25) is 0 Å². The molecule has 0 aliphatic heterocycles. The summed E-state index contributed by atoms with van der Waals surface area (Å²) in [7, 11) is 0. The largest absolute Gasteiger partial charge is 0.494 e. The van der Waals surface area contributed by atoms with Crippen LogP contribution >= 0.6 is 11.6 Å². The van der Waals surface area contributed by atoms with Gasteiger partial charge in [-0.15, -0.1) is 11.6 Å². The van der Waals surface area contributed by atoms with Gasteiger partial charge in [0, 0.05) is 17.8 Å². The van der Waals surface area contributed by atoms with Crippen LogP contribution in [0.2, 0.25) is 0 Å². The van der Waals surface area contributed by atoms with Gasteiger partial charge < -0.3 is 10.1 Å². The van der Waals surface area contributed by atoms with E-state index in [4.69, 9.17) is 16.3 Å². The predicted octanol–water partition coefficient (Wildman–Crippen LogP) is 4.44. The van der Waals surface area contributed by atoms with Crippen molar-refractivity contribution in [3.05, 3.63) is 59.7 Å². The van der Waals surface area contributed by atoms with Gasteiger partial charge in [0.25, 0.3) is 0 Å². The van der Waals surface area contributed by atoms with Crippen LogP contribution in [-0.4, -0.2) is 6.61 Å². The topological polar surface area (TPSA) is 21.3 Å². The third kappa shape index (κ3) is 3.90. The van der Waals surface area contributed by atoms with Crippen molar-refractivity contribution in [2.45, 2.75) is 19.3 Å². The summed E-state index contributed by atoms with van der Waals surface area (Å²) in [5, 5.41) is 3.39. The van der Waals surface area contributed by atoms with E-state index in [2.05, 4.69) is 17.4 Å². The summed E-state index contributed by atoms with van der Waals surface area (Å²) >= 11 is 5.95. The van der Waals surface area contributed by atoms with Crippen LogP contribution in [0.25, 0.3) is 0 Å². The Hall–Kier alpha value is -1.67. The zero-order valence-electron chi connectivity index (χ0n) is 11.0. The van der Waals surface area contributed by atoms with E-state index in [1.807, 2.05) is 43.3 Å². The number of alkyl halides is 1. The predicted molar refractivity (Wildman–Crippen MR) is 80.9 cm³/mol. The summed E-state index contributed by atoms with van der Waals surface area (Å²) in [5.41, 5.74) is 3.33. The lowest BCUT2D eigenvalue weighted by atomic mass is 10.2. The smallest absolute Gasteiger partial charge is 0.123 e. The Morgan fingerprint density at radius 1 is 1.11 bits per heavy atom. The van der Waals surface area contributed by atoms with Crippen molar-refractivity contribution in [3.8, 4) is 5.75 Å². The number of benzene rings is 2. The van der Waals surface area contributed by atoms with Gasteiger partial charge in [0.1, 0.15) is 5.75 Å². The van der Waals surface area contributed by atoms with Gasteiger partial charge in [-0.2, -0.15) is 0 Å². The lowest BCUT2D eigenvalue weighted by Crippen LogP contribution is -2.01. The van der Waals surface area contributed by atoms with Crippen LogP contribution in [-0.2, 0) is 12.4 Å². The van der Waals surface area contributed by atoms with Gasteiger partial charge in [-0.05, 0) is 30.7 Å². The van der Waals surface area contributed by atoms with E-state index in [-0.39, 0.29) is 0 Å². The van der Waals surface area contributed by atoms with Gasteiger partial charge in [0.15, 0.2) is 0 Å². The van der Waals surface area contributed by atoms with E-state index >= 15 is 0 Å². The van der Waals surface area contributed by atoms with Crippen LogP contribution in [0.4, 0.5) is 5.69 Å². The maximum Gasteiger partial charge on any atom is 0.123 e. The molecule has 1 N–H and O–H groups in total. The zero-order chi connectivity index (χ0) is 13.5. The van der Waals surface area contributed by atoms with Crippen LogP contribution in [0.15, 0.2) is 48.5 Å². The molecule has 3 heteroatoms. The van der Waals surface area contributed by atoms with E-state index in [0.29, 0.717) is 12.5 Å². The first-order valence-electron chi connectivity index (χ1n) is 6.43. The molecule has 0 radical (unpaired) electrons. The van der Waals surface area contributed by atoms with Gasteiger partial charge in [-0.1, -0.05) is 30.3 Å². The summed E-state index contributed by atoms with van der Waals surface area (Å²) in [6.07, 6.45) is 0. The fourth-order valence-electron chi connectivity index (χ4n) is 1.89. The van der Waals surface area contributed by atoms with E-state index in [0.717, 1.165) is 23.5 Å². The number of anilines is 1. The minimum Gasteiger partial charge on any atom is -0.494 e. The lowest BCUT2D eigenvalue weighted by molar-refractivity contribution is 0.337. The molecule has 2 nitrogen and oxygen atoms in total. The average molecular weight is 276 g/mol. The first-order chi connectivity index (χ1) is 9.33. The molecule has 0 aliphatic rings. The molecule has 0 fully saturated rings. The number of hydrogen-bond acceptors (Lipinski definition) is 2. The fourth-order valence-corrected chi connectivity index (χ4v) is 2.10. The van der Waals surface area contributed by atoms with Crippen LogP contribution in [0, 0.1) is 0 Å². The molecule has 0 unspecified atom stereocenters. The van der Waals surface area contributed by atoms with E-state index < -0.39 is 0 Å². The van der Waals surface area contributed by atoms with Crippen molar-refractivity contribution >= 4 is 17.3 Å². The quantitative estimate of drug-likeness (QED) is 0.787. The van der Waals surface area contributed by atoms with E-state index in [1.165, 1.54) is 5.56 Å². The molecule has 0 spiro atoms. The second-order valence-corrected chi connectivity index (χ2v) is 4.50. The Balaban J connectivity index is 2.05. The first kappa shape index (κ1) is 13.8. The number of ether oxygens (including phenoxy) is 1. The molecule has 0 atom stereocenters. The number of hydrogen-bond donors (Lipinski definition) is 1. The molecule has 19 heavy (non-hydrogen) atoms. The molecule has 2 aromatic carbocycles. The summed E-state index contributed by atoms with van der Waals surface area (Å²) in [6, 6.07) is 16.3. The molecule has 0 bridgehead atoms. The summed E-state index contributed by atoms with van der Waals surface area (Å²) in [4.78, 5) is 0. The normalized spacial score (nSPS) is 10.2. The standard InChI is InChI=1S/C16H18ClNO/c1-2-19-16-9-8-15(10-14(16)11-17)18-12-13-6-4-3-5-7-13/h3-10,18H,2,11-12H2,1H3. The molecule has 0 amide bonds. The second kappa shape index (κ2) is 7.05. The maximum absolute atomic E-state index is 5.95. The molecule has 0 saturated carbocycles. The Kier molecular flexibility index (Phi) is 5.10. The molecule has 100 valence electrons. The number of nitrogens with one attached hydrogen (secondary N) is 1. The maximum atomic E-state index is 5.95. The summed E-state index contributed by atoms with van der Waals surface area (Å²) in [5.74, 6) is 1.32. The molecule has 0 saturated heterocycles. The van der Waals surface area contributed by atoms with Crippen LogP contribution in [0.1, 0.15) is 18.1 Å². The van der Waals surface area contributed by atoms with Crippen molar-refractivity contribution in [3.63, 3.8) is 0 Å². The number of rotatable bonds is 6. The highest BCUT2D eigenvalue weighted by Crippen LogP contribution is 2.24. The Morgan fingerprint density at radius 2 is 1.89 bits per heavy atom. The van der Waals surface area contributed by atoms with Gasteiger partial charge in [0.2, 0.25) is 0 Å². The highest BCUT2D eigenvalue weighted by atomic mass is 35.5. The molecule has 2 aromatic rings. The fraction of sp³-hybridized carbons (Fsp3) is 0.250. The van der Waals surface area contributed by atoms with Gasteiger partial charge in [-0.25, -0.2) is 0 Å². The highest BCUT2D eigenvalue weighted by Gasteiger charge is 2.04. The monoisotopic (exact) mass is 275 g/mol. The Bertz CT molecular complexity index is 513. The van der Waals surface area contributed by atoms with Crippen LogP contribution < -0.4 is 10.1 Å². The molecule has 0 aromatic heterocycles. The van der Waals surface area contributed by atoms with Crippen molar-refractivity contribution < 1.29 is 4.74 Å². The molecule has 0 aliphatic carbocycles. The SMILES string of the molecule is CCOc1ccc(NCc2ccccc2)cc1CCl. The summed E-state index contributed by atoms with van der Waals surface area (Å²) in [6.45, 7) is 3.43. The van der Waals surface area contributed by atoms with Crippen LogP contribution in [0.3, 0.4) is 0 Å². The van der Waals surface area contributed by atoms with Gasteiger partial charge in [0.05, 0.1) is 12.5 Å². The minimum absolute atomic E-state index is 0.455. The minimum atomic E-state index is 0.455. The first-order valence-corrected chi connectivity index (χ1v) is 6.96. The Morgan fingerprint density at radius 3 is 2.58 bits per heavy atom. The molecule has 0 heterocycles.